The number of benzene rings is 2. The van der Waals surface area contributed by atoms with E-state index in [-0.39, 0.29) is 34.4 Å². The molecular weight excluding hydrogens is 558 g/mol. The normalized spacial score (nSPS) is 22.8. The van der Waals surface area contributed by atoms with Gasteiger partial charge in [-0.25, -0.2) is 13.8 Å². The van der Waals surface area contributed by atoms with Crippen molar-refractivity contribution in [1.29, 1.82) is 0 Å². The van der Waals surface area contributed by atoms with Crippen molar-refractivity contribution in [3.63, 3.8) is 0 Å². The number of hydrogen-bond acceptors (Lipinski definition) is 7. The highest BCUT2D eigenvalue weighted by Gasteiger charge is 2.45. The minimum absolute atomic E-state index is 0.00176. The van der Waals surface area contributed by atoms with Crippen LogP contribution in [0.15, 0.2) is 30.3 Å². The summed E-state index contributed by atoms with van der Waals surface area (Å²) in [7, 11) is 0. The van der Waals surface area contributed by atoms with Crippen LogP contribution in [0.1, 0.15) is 50.3 Å². The third-order valence-corrected chi connectivity index (χ3v) is 10.5. The van der Waals surface area contributed by atoms with E-state index < -0.39 is 11.6 Å². The van der Waals surface area contributed by atoms with Gasteiger partial charge >= 0.3 is 6.01 Å². The average Bonchev–Trinajstić information content (AvgIpc) is 3.63. The van der Waals surface area contributed by atoms with Crippen LogP contribution < -0.4 is 15.0 Å². The molecule has 9 heteroatoms. The van der Waals surface area contributed by atoms with Gasteiger partial charge in [0.25, 0.3) is 0 Å². The molecule has 3 fully saturated rings. The first-order valence-electron chi connectivity index (χ1n) is 15.9. The minimum Gasteiger partial charge on any atom is -0.461 e. The summed E-state index contributed by atoms with van der Waals surface area (Å²) in [6.07, 6.45) is 11.8. The molecule has 3 saturated heterocycles. The molecule has 4 aliphatic rings. The topological polar surface area (TPSA) is 66.4 Å². The summed E-state index contributed by atoms with van der Waals surface area (Å²) in [4.78, 5) is 19.6. The summed E-state index contributed by atoms with van der Waals surface area (Å²) in [5.74, 6) is 2.45. The van der Waals surface area contributed by atoms with E-state index in [9.17, 15) is 4.39 Å². The van der Waals surface area contributed by atoms with Gasteiger partial charge in [0.15, 0.2) is 5.82 Å². The Morgan fingerprint density at radius 2 is 1.91 bits per heavy atom. The molecule has 44 heavy (non-hydrogen) atoms. The van der Waals surface area contributed by atoms with Crippen LogP contribution in [0.3, 0.4) is 0 Å². The predicted molar refractivity (Wildman–Crippen MR) is 168 cm³/mol. The van der Waals surface area contributed by atoms with Crippen LogP contribution in [0, 0.1) is 29.9 Å². The molecule has 4 aliphatic heterocycles. The molecule has 0 spiro atoms. The van der Waals surface area contributed by atoms with Crippen molar-refractivity contribution >= 4 is 27.5 Å². The molecule has 1 N–H and O–H groups in total. The van der Waals surface area contributed by atoms with Crippen LogP contribution in [0.25, 0.3) is 32.9 Å². The molecule has 226 valence electrons. The van der Waals surface area contributed by atoms with Crippen LogP contribution in [0.5, 0.6) is 6.01 Å². The van der Waals surface area contributed by atoms with Crippen LogP contribution in [0.2, 0.25) is 0 Å². The average molecular weight is 595 g/mol. The van der Waals surface area contributed by atoms with Gasteiger partial charge in [-0.15, -0.1) is 6.42 Å². The second-order valence-corrected chi connectivity index (χ2v) is 12.9. The maximum Gasteiger partial charge on any atom is 0.319 e. The maximum absolute atomic E-state index is 17.0. The van der Waals surface area contributed by atoms with Gasteiger partial charge in [0.05, 0.1) is 22.2 Å². The Morgan fingerprint density at radius 3 is 2.73 bits per heavy atom. The van der Waals surface area contributed by atoms with E-state index in [0.717, 1.165) is 75.9 Å². The smallest absolute Gasteiger partial charge is 0.319 e. The summed E-state index contributed by atoms with van der Waals surface area (Å²) in [5, 5.41) is 5.38. The minimum atomic E-state index is -0.571. The Bertz CT molecular complexity index is 1830. The number of terminal acetylenes is 1. The monoisotopic (exact) mass is 594 g/mol. The lowest BCUT2D eigenvalue weighted by Crippen LogP contribution is -2.55. The fraction of sp³-hybridized carbons (Fsp3) is 0.457. The van der Waals surface area contributed by atoms with Crippen LogP contribution in [-0.4, -0.2) is 70.8 Å². The number of halogens is 2. The zero-order valence-electron chi connectivity index (χ0n) is 25.0. The SMILES string of the molecule is C#Cc1c(F)ccc2cccc(-c3nc4c5c(nc(OCC67CCCN6CCC7)nc5c3F)N3CCNCC3C(C)CC4)c12. The Kier molecular flexibility index (Phi) is 6.69. The molecule has 2 aromatic carbocycles. The molecule has 0 aliphatic carbocycles. The van der Waals surface area contributed by atoms with Crippen molar-refractivity contribution in [2.75, 3.05) is 44.2 Å². The molecule has 0 radical (unpaired) electrons. The van der Waals surface area contributed by atoms with Gasteiger partial charge < -0.3 is 15.0 Å². The number of ether oxygens (including phenoxy) is 1. The molecule has 4 aromatic rings. The Hall–Kier alpha value is -3.87. The third kappa shape index (κ3) is 4.26. The molecule has 2 unspecified atom stereocenters. The summed E-state index contributed by atoms with van der Waals surface area (Å²) in [5.41, 5.74) is 1.62. The van der Waals surface area contributed by atoms with Crippen molar-refractivity contribution in [3.05, 3.63) is 53.2 Å². The third-order valence-electron chi connectivity index (χ3n) is 10.5. The molecule has 6 heterocycles. The summed E-state index contributed by atoms with van der Waals surface area (Å²) in [6.45, 7) is 7.31. The van der Waals surface area contributed by atoms with Crippen molar-refractivity contribution in [2.24, 2.45) is 5.92 Å². The summed E-state index contributed by atoms with van der Waals surface area (Å²) >= 11 is 0. The van der Waals surface area contributed by atoms with E-state index >= 15 is 4.39 Å². The lowest BCUT2D eigenvalue weighted by Gasteiger charge is -2.42. The highest BCUT2D eigenvalue weighted by molar-refractivity contribution is 6.02. The van der Waals surface area contributed by atoms with Crippen molar-refractivity contribution in [1.82, 2.24) is 25.2 Å². The Balaban J connectivity index is 1.35. The Labute approximate surface area is 256 Å². The van der Waals surface area contributed by atoms with Gasteiger partial charge in [0.2, 0.25) is 0 Å². The quantitative estimate of drug-likeness (QED) is 0.314. The van der Waals surface area contributed by atoms with Crippen molar-refractivity contribution in [2.45, 2.75) is 57.0 Å². The number of piperazine rings is 1. The van der Waals surface area contributed by atoms with Gasteiger partial charge in [-0.2, -0.15) is 9.97 Å². The highest BCUT2D eigenvalue weighted by Crippen LogP contribution is 2.42. The van der Waals surface area contributed by atoms with E-state index in [1.165, 1.54) is 6.07 Å². The molecule has 0 amide bonds. The van der Waals surface area contributed by atoms with E-state index in [1.54, 1.807) is 12.1 Å². The van der Waals surface area contributed by atoms with E-state index in [0.29, 0.717) is 41.1 Å². The zero-order chi connectivity index (χ0) is 30.0. The van der Waals surface area contributed by atoms with Gasteiger partial charge in [-0.05, 0) is 69.0 Å². The van der Waals surface area contributed by atoms with Gasteiger partial charge in [-0.1, -0.05) is 37.1 Å². The second kappa shape index (κ2) is 10.6. The number of aryl methyl sites for hydroxylation is 1. The number of nitrogens with zero attached hydrogens (tertiary/aromatic N) is 5. The lowest BCUT2D eigenvalue weighted by molar-refractivity contribution is 0.108. The maximum atomic E-state index is 17.0. The number of rotatable bonds is 4. The number of hydrogen-bond donors (Lipinski definition) is 1. The number of pyridine rings is 1. The molecule has 0 saturated carbocycles. The van der Waals surface area contributed by atoms with E-state index in [1.807, 2.05) is 12.1 Å². The summed E-state index contributed by atoms with van der Waals surface area (Å²) < 4.78 is 38.4. The van der Waals surface area contributed by atoms with Crippen LogP contribution >= 0.6 is 0 Å². The highest BCUT2D eigenvalue weighted by atomic mass is 19.1. The van der Waals surface area contributed by atoms with E-state index in [4.69, 9.17) is 26.1 Å². The van der Waals surface area contributed by atoms with Gasteiger partial charge in [0, 0.05) is 36.6 Å². The molecule has 7 nitrogen and oxygen atoms in total. The number of fused-ring (bicyclic) bond motifs is 4. The van der Waals surface area contributed by atoms with Crippen LogP contribution in [-0.2, 0) is 6.42 Å². The van der Waals surface area contributed by atoms with Crippen molar-refractivity contribution in [3.8, 4) is 29.6 Å². The standard InChI is InChI=1S/C35H36F2N6O/c1-3-23-25(36)11-10-22-7-4-8-24(28(22)23)31-30(37)32-29-26(39-31)12-9-21(2)27-19-38-15-18-43(27)33(29)41-34(40-32)44-20-35-13-5-16-42(35)17-6-14-35/h1,4,7-8,10-11,21,27,38H,5-6,9,12-20H2,2H3. The molecule has 2 atom stereocenters. The lowest BCUT2D eigenvalue weighted by atomic mass is 9.89. The Morgan fingerprint density at radius 1 is 1.07 bits per heavy atom. The van der Waals surface area contributed by atoms with Gasteiger partial charge in [0.1, 0.15) is 29.5 Å². The fourth-order valence-corrected chi connectivity index (χ4v) is 8.24. The molecule has 2 aromatic heterocycles. The molecule has 8 rings (SSSR count). The number of nitrogens with one attached hydrogen (secondary N) is 1. The van der Waals surface area contributed by atoms with Crippen LogP contribution in [0.4, 0.5) is 14.6 Å². The first-order valence-corrected chi connectivity index (χ1v) is 15.9. The molecular formula is C35H36F2N6O. The first-order chi connectivity index (χ1) is 21.5. The second-order valence-electron chi connectivity index (χ2n) is 12.9. The number of aromatic nitrogens is 3. The zero-order valence-corrected chi connectivity index (χ0v) is 25.0. The summed E-state index contributed by atoms with van der Waals surface area (Å²) in [6, 6.07) is 8.87. The largest absolute Gasteiger partial charge is 0.461 e. The number of anilines is 1. The fourth-order valence-electron chi connectivity index (χ4n) is 8.24. The van der Waals surface area contributed by atoms with Crippen molar-refractivity contribution < 1.29 is 13.5 Å². The van der Waals surface area contributed by atoms with E-state index in [2.05, 4.69) is 28.0 Å². The molecule has 0 bridgehead atoms. The first kappa shape index (κ1) is 27.7. The predicted octanol–water partition coefficient (Wildman–Crippen LogP) is 5.47. The van der Waals surface area contributed by atoms with Gasteiger partial charge in [-0.3, -0.25) is 4.90 Å².